The topological polar surface area (TPSA) is 126 Å². The second-order valence-corrected chi connectivity index (χ2v) is 10.8. The number of halogens is 3. The Labute approximate surface area is 234 Å². The normalized spacial score (nSPS) is 14.5. The molecule has 0 unspecified atom stereocenters. The summed E-state index contributed by atoms with van der Waals surface area (Å²) in [6, 6.07) is 22.3. The number of pyridine rings is 1. The number of benzene rings is 3. The van der Waals surface area contributed by atoms with Crippen molar-refractivity contribution in [2.24, 2.45) is 0 Å². The molecule has 2 N–H and O–H groups in total. The van der Waals surface area contributed by atoms with E-state index < -0.39 is 17.3 Å². The summed E-state index contributed by atoms with van der Waals surface area (Å²) < 4.78 is 72.0. The van der Waals surface area contributed by atoms with Crippen LogP contribution in [0.5, 0.6) is 17.2 Å². The summed E-state index contributed by atoms with van der Waals surface area (Å²) in [7, 11) is -1.99. The van der Waals surface area contributed by atoms with E-state index in [4.69, 9.17) is 10.00 Å². The molecule has 1 aliphatic heterocycles. The molecule has 5 rings (SSSR count). The zero-order valence-corrected chi connectivity index (χ0v) is 22.0. The Morgan fingerprint density at radius 3 is 2.27 bits per heavy atom. The van der Waals surface area contributed by atoms with Crippen LogP contribution in [-0.4, -0.2) is 27.5 Å². The van der Waals surface area contributed by atoms with Gasteiger partial charge in [0.25, 0.3) is 0 Å². The second-order valence-electron chi connectivity index (χ2n) is 8.83. The first-order valence-corrected chi connectivity index (χ1v) is 13.3. The van der Waals surface area contributed by atoms with Crippen molar-refractivity contribution in [3.63, 3.8) is 0 Å². The lowest BCUT2D eigenvalue weighted by Gasteiger charge is -2.42. The third-order valence-electron chi connectivity index (χ3n) is 6.23. The van der Waals surface area contributed by atoms with Gasteiger partial charge in [0.15, 0.2) is 0 Å². The molecule has 208 valence electrons. The van der Waals surface area contributed by atoms with Crippen LogP contribution in [0.3, 0.4) is 0 Å². The number of hydrogen-bond acceptors (Lipinski definition) is 9. The lowest BCUT2D eigenvalue weighted by atomic mass is 9.99. The van der Waals surface area contributed by atoms with Gasteiger partial charge in [0, 0.05) is 24.9 Å². The number of nitriles is 2. The van der Waals surface area contributed by atoms with Crippen molar-refractivity contribution < 1.29 is 31.8 Å². The molecular formula is C28H20F3N5O4S. The van der Waals surface area contributed by atoms with Gasteiger partial charge in [0.2, 0.25) is 0 Å². The number of anilines is 2. The van der Waals surface area contributed by atoms with Crippen LogP contribution in [0.4, 0.5) is 24.5 Å². The average molecular weight is 580 g/mol. The van der Waals surface area contributed by atoms with Crippen LogP contribution < -0.4 is 18.1 Å². The minimum Gasteiger partial charge on any atom is -0.457 e. The number of nitrogens with zero attached hydrogens (tertiary/aromatic N) is 5. The number of hydrogen-bond donors (Lipinski definition) is 2. The SMILES string of the molecule is CN1c2cc(-c3cc(Oc4ccnc(C#N)c4)ccc3C#N)ccc2N(Cc2ccc(OC(F)(F)F)cc2)S1(O)O. The molecular weight excluding hydrogens is 559 g/mol. The molecule has 13 heteroatoms. The predicted molar refractivity (Wildman–Crippen MR) is 146 cm³/mol. The molecule has 1 aliphatic rings. The molecule has 3 aromatic carbocycles. The van der Waals surface area contributed by atoms with Crippen molar-refractivity contribution in [1.29, 1.82) is 10.5 Å². The van der Waals surface area contributed by atoms with Crippen LogP contribution in [0.2, 0.25) is 0 Å². The average Bonchev–Trinajstić information content (AvgIpc) is 3.13. The van der Waals surface area contributed by atoms with Gasteiger partial charge in [-0.25, -0.2) is 9.29 Å². The Morgan fingerprint density at radius 2 is 1.59 bits per heavy atom. The third-order valence-corrected chi connectivity index (χ3v) is 8.08. The van der Waals surface area contributed by atoms with Crippen LogP contribution in [0.1, 0.15) is 16.8 Å². The van der Waals surface area contributed by atoms with E-state index in [2.05, 4.69) is 15.8 Å². The third kappa shape index (κ3) is 5.69. The fraction of sp³-hybridized carbons (Fsp3) is 0.107. The van der Waals surface area contributed by atoms with Gasteiger partial charge in [-0.1, -0.05) is 18.2 Å². The lowest BCUT2D eigenvalue weighted by Crippen LogP contribution is -2.30. The smallest absolute Gasteiger partial charge is 0.457 e. The Balaban J connectivity index is 1.45. The fourth-order valence-corrected chi connectivity index (χ4v) is 5.74. The summed E-state index contributed by atoms with van der Waals surface area (Å²) >= 11 is 0. The standard InChI is InChI=1S/C28H20F3N5O4S/c1-35-27-12-19(25-14-23(8-4-20(25)15-32)39-24-10-11-34-21(13-24)16-33)5-9-26(27)36(41(35,37)38)17-18-2-6-22(7-3-18)40-28(29,30)31/h2-14,37-38H,17H2,1H3. The predicted octanol–water partition coefficient (Wildman–Crippen LogP) is 7.22. The van der Waals surface area contributed by atoms with Gasteiger partial charge < -0.3 is 9.47 Å². The van der Waals surface area contributed by atoms with Crippen LogP contribution >= 0.6 is 11.0 Å². The quantitative estimate of drug-likeness (QED) is 0.243. The van der Waals surface area contributed by atoms with E-state index >= 15 is 0 Å². The van der Waals surface area contributed by atoms with Gasteiger partial charge in [-0.2, -0.15) is 10.5 Å². The largest absolute Gasteiger partial charge is 0.573 e. The highest BCUT2D eigenvalue weighted by atomic mass is 32.3. The number of alkyl halides is 3. The molecule has 2 heterocycles. The maximum absolute atomic E-state index is 12.5. The zero-order valence-electron chi connectivity index (χ0n) is 21.2. The molecule has 0 saturated carbocycles. The highest BCUT2D eigenvalue weighted by Gasteiger charge is 2.39. The first kappa shape index (κ1) is 27.6. The summed E-state index contributed by atoms with van der Waals surface area (Å²) in [5, 5.41) is 18.8. The van der Waals surface area contributed by atoms with E-state index in [0.717, 1.165) is 12.1 Å². The Kier molecular flexibility index (Phi) is 7.11. The molecule has 0 radical (unpaired) electrons. The van der Waals surface area contributed by atoms with Crippen LogP contribution in [0, 0.1) is 22.7 Å². The first-order chi connectivity index (χ1) is 19.5. The summed E-state index contributed by atoms with van der Waals surface area (Å²) in [6.45, 7) is -0.00525. The summed E-state index contributed by atoms with van der Waals surface area (Å²) in [6.07, 6.45) is -3.37. The minimum atomic E-state index is -4.82. The van der Waals surface area contributed by atoms with Gasteiger partial charge in [0.1, 0.15) is 29.0 Å². The van der Waals surface area contributed by atoms with E-state index in [1.54, 1.807) is 42.5 Å². The number of ether oxygens (including phenoxy) is 2. The van der Waals surface area contributed by atoms with E-state index in [-0.39, 0.29) is 18.0 Å². The summed E-state index contributed by atoms with van der Waals surface area (Å²) in [4.78, 5) is 3.91. The Hall–Kier alpha value is -4.95. The minimum absolute atomic E-state index is 0.00525. The van der Waals surface area contributed by atoms with E-state index in [1.807, 2.05) is 6.07 Å². The van der Waals surface area contributed by atoms with Crippen molar-refractivity contribution in [2.45, 2.75) is 12.9 Å². The van der Waals surface area contributed by atoms with Gasteiger partial charge >= 0.3 is 6.36 Å². The van der Waals surface area contributed by atoms with Gasteiger partial charge in [-0.3, -0.25) is 13.4 Å². The first-order valence-electron chi connectivity index (χ1n) is 11.9. The van der Waals surface area contributed by atoms with Crippen molar-refractivity contribution in [2.75, 3.05) is 15.7 Å². The number of rotatable bonds is 6. The maximum Gasteiger partial charge on any atom is 0.573 e. The molecule has 0 fully saturated rings. The number of aromatic nitrogens is 1. The monoisotopic (exact) mass is 579 g/mol. The van der Waals surface area contributed by atoms with Crippen LogP contribution in [0.25, 0.3) is 11.1 Å². The lowest BCUT2D eigenvalue weighted by molar-refractivity contribution is -0.274. The fourth-order valence-electron chi connectivity index (χ4n) is 4.30. The molecule has 41 heavy (non-hydrogen) atoms. The van der Waals surface area contributed by atoms with Crippen LogP contribution in [-0.2, 0) is 6.54 Å². The zero-order chi connectivity index (χ0) is 29.4. The van der Waals surface area contributed by atoms with Crippen molar-refractivity contribution in [1.82, 2.24) is 4.98 Å². The molecule has 4 aromatic rings. The summed E-state index contributed by atoms with van der Waals surface area (Å²) in [5.41, 5.74) is 3.17. The van der Waals surface area contributed by atoms with Gasteiger partial charge in [0.05, 0.1) is 29.6 Å². The molecule has 0 aliphatic carbocycles. The molecule has 0 atom stereocenters. The van der Waals surface area contributed by atoms with E-state index in [9.17, 15) is 27.5 Å². The molecule has 0 bridgehead atoms. The Bertz CT molecular complexity index is 1700. The van der Waals surface area contributed by atoms with E-state index in [1.165, 1.54) is 40.1 Å². The van der Waals surface area contributed by atoms with Crippen molar-refractivity contribution in [3.8, 4) is 40.5 Å². The van der Waals surface area contributed by atoms with Gasteiger partial charge in [-0.05, 0) is 70.6 Å². The highest BCUT2D eigenvalue weighted by molar-refractivity contribution is 8.26. The van der Waals surface area contributed by atoms with Crippen LogP contribution in [0.15, 0.2) is 79.0 Å². The molecule has 9 nitrogen and oxygen atoms in total. The Morgan fingerprint density at radius 1 is 0.878 bits per heavy atom. The van der Waals surface area contributed by atoms with Crippen molar-refractivity contribution in [3.05, 3.63) is 95.8 Å². The number of fused-ring (bicyclic) bond motifs is 1. The van der Waals surface area contributed by atoms with Crippen molar-refractivity contribution >= 4 is 22.3 Å². The molecule has 0 spiro atoms. The molecule has 0 saturated heterocycles. The molecule has 0 amide bonds. The highest BCUT2D eigenvalue weighted by Crippen LogP contribution is 2.61. The summed E-state index contributed by atoms with van der Waals surface area (Å²) in [5.74, 6) is 0.417. The molecule has 1 aromatic heterocycles. The van der Waals surface area contributed by atoms with E-state index in [0.29, 0.717) is 45.1 Å². The van der Waals surface area contributed by atoms with Gasteiger partial charge in [-0.15, -0.1) is 13.2 Å². The second kappa shape index (κ2) is 10.6. The maximum atomic E-state index is 12.5.